The molecule has 0 saturated heterocycles. The average Bonchev–Trinajstić information content (AvgIpc) is 3.16. The van der Waals surface area contributed by atoms with E-state index in [0.29, 0.717) is 5.56 Å². The van der Waals surface area contributed by atoms with Gasteiger partial charge >= 0.3 is 6.61 Å². The number of aromatic nitrogens is 3. The van der Waals surface area contributed by atoms with Gasteiger partial charge in [0, 0.05) is 5.56 Å². The fourth-order valence-electron chi connectivity index (χ4n) is 2.41. The predicted octanol–water partition coefficient (Wildman–Crippen LogP) is 3.36. The van der Waals surface area contributed by atoms with E-state index < -0.39 is 6.61 Å². The molecule has 3 rings (SSSR count). The van der Waals surface area contributed by atoms with Crippen molar-refractivity contribution in [1.29, 1.82) is 0 Å². The van der Waals surface area contributed by atoms with Crippen LogP contribution in [-0.2, 0) is 0 Å². The topological polar surface area (TPSA) is 69.0 Å². The molecule has 2 aromatic carbocycles. The van der Waals surface area contributed by atoms with Crippen molar-refractivity contribution < 1.29 is 18.3 Å². The summed E-state index contributed by atoms with van der Waals surface area (Å²) in [5.74, 6) is -0.165. The van der Waals surface area contributed by atoms with E-state index in [-0.39, 0.29) is 17.7 Å². The number of amides is 1. The number of carbonyl (C=O) groups is 1. The van der Waals surface area contributed by atoms with Gasteiger partial charge < -0.3 is 10.1 Å². The maximum Gasteiger partial charge on any atom is 0.387 e. The number of ether oxygens (including phenoxy) is 1. The van der Waals surface area contributed by atoms with Crippen LogP contribution in [0.4, 0.5) is 8.78 Å². The van der Waals surface area contributed by atoms with Crippen molar-refractivity contribution in [3.8, 4) is 11.4 Å². The minimum atomic E-state index is -2.86. The molecule has 1 amide bonds. The van der Waals surface area contributed by atoms with Gasteiger partial charge in [0.2, 0.25) is 0 Å². The number of benzene rings is 2. The second kappa shape index (κ2) is 7.73. The molecule has 1 unspecified atom stereocenters. The molecule has 1 N–H and O–H groups in total. The highest BCUT2D eigenvalue weighted by atomic mass is 19.3. The maximum atomic E-state index is 12.4. The van der Waals surface area contributed by atoms with Crippen LogP contribution < -0.4 is 10.1 Å². The van der Waals surface area contributed by atoms with Crippen molar-refractivity contribution in [1.82, 2.24) is 20.1 Å². The molecule has 0 aliphatic heterocycles. The Balaban J connectivity index is 1.63. The first kappa shape index (κ1) is 17.5. The van der Waals surface area contributed by atoms with Gasteiger partial charge in [0.1, 0.15) is 18.4 Å². The molecule has 0 bridgehead atoms. The molecule has 26 heavy (non-hydrogen) atoms. The smallest absolute Gasteiger partial charge is 0.387 e. The van der Waals surface area contributed by atoms with Crippen molar-refractivity contribution in [2.45, 2.75) is 19.6 Å². The first-order valence-corrected chi connectivity index (χ1v) is 7.83. The number of nitrogens with one attached hydrogen (secondary N) is 1. The monoisotopic (exact) mass is 358 g/mol. The Morgan fingerprint density at radius 1 is 1.12 bits per heavy atom. The van der Waals surface area contributed by atoms with Crippen LogP contribution in [0.15, 0.2) is 61.2 Å². The SMILES string of the molecule is CC(NC(=O)c1ccc(-n2cncn2)cc1)c1ccc(OC(F)F)cc1. The number of alkyl halides is 2. The van der Waals surface area contributed by atoms with Crippen LogP contribution in [0.25, 0.3) is 5.69 Å². The first-order valence-electron chi connectivity index (χ1n) is 7.83. The zero-order chi connectivity index (χ0) is 18.5. The van der Waals surface area contributed by atoms with Gasteiger partial charge in [-0.05, 0) is 48.9 Å². The third-order valence-corrected chi connectivity index (χ3v) is 3.77. The van der Waals surface area contributed by atoms with Crippen molar-refractivity contribution in [2.24, 2.45) is 0 Å². The molecule has 1 aromatic heterocycles. The number of nitrogens with zero attached hydrogens (tertiary/aromatic N) is 3. The van der Waals surface area contributed by atoms with Crippen LogP contribution in [-0.4, -0.2) is 27.3 Å². The molecule has 1 heterocycles. The Labute approximate surface area is 148 Å². The average molecular weight is 358 g/mol. The summed E-state index contributed by atoms with van der Waals surface area (Å²) in [4.78, 5) is 16.2. The number of rotatable bonds is 6. The summed E-state index contributed by atoms with van der Waals surface area (Å²) in [5, 5.41) is 6.89. The highest BCUT2D eigenvalue weighted by Gasteiger charge is 2.12. The van der Waals surface area contributed by atoms with Gasteiger partial charge in [0.15, 0.2) is 0 Å². The fourth-order valence-corrected chi connectivity index (χ4v) is 2.41. The molecule has 0 radical (unpaired) electrons. The molecule has 0 spiro atoms. The van der Waals surface area contributed by atoms with Gasteiger partial charge in [-0.2, -0.15) is 13.9 Å². The van der Waals surface area contributed by atoms with Crippen molar-refractivity contribution >= 4 is 5.91 Å². The van der Waals surface area contributed by atoms with Crippen LogP contribution in [0.2, 0.25) is 0 Å². The number of carbonyl (C=O) groups excluding carboxylic acids is 1. The van der Waals surface area contributed by atoms with Crippen LogP contribution in [0.3, 0.4) is 0 Å². The molecule has 0 fully saturated rings. The first-order chi connectivity index (χ1) is 12.5. The van der Waals surface area contributed by atoms with Gasteiger partial charge in [0.05, 0.1) is 11.7 Å². The van der Waals surface area contributed by atoms with Gasteiger partial charge in [0.25, 0.3) is 5.91 Å². The van der Waals surface area contributed by atoms with Crippen molar-refractivity contribution in [3.05, 3.63) is 72.3 Å². The van der Waals surface area contributed by atoms with E-state index in [1.54, 1.807) is 47.4 Å². The molecular weight excluding hydrogens is 342 g/mol. The van der Waals surface area contributed by atoms with Crippen molar-refractivity contribution in [3.63, 3.8) is 0 Å². The summed E-state index contributed by atoms with van der Waals surface area (Å²) in [6, 6.07) is 12.8. The summed E-state index contributed by atoms with van der Waals surface area (Å²) < 4.78 is 30.2. The van der Waals surface area contributed by atoms with E-state index in [0.717, 1.165) is 11.3 Å². The molecule has 134 valence electrons. The second-order valence-corrected chi connectivity index (χ2v) is 5.53. The fraction of sp³-hybridized carbons (Fsp3) is 0.167. The molecule has 0 saturated carbocycles. The highest BCUT2D eigenvalue weighted by Crippen LogP contribution is 2.19. The Morgan fingerprint density at radius 3 is 2.38 bits per heavy atom. The van der Waals surface area contributed by atoms with Gasteiger partial charge in [-0.3, -0.25) is 4.79 Å². The van der Waals surface area contributed by atoms with E-state index >= 15 is 0 Å². The Hall–Kier alpha value is -3.29. The third-order valence-electron chi connectivity index (χ3n) is 3.77. The molecule has 1 atom stereocenters. The summed E-state index contributed by atoms with van der Waals surface area (Å²) in [7, 11) is 0. The van der Waals surface area contributed by atoms with Gasteiger partial charge in [-0.25, -0.2) is 9.67 Å². The van der Waals surface area contributed by atoms with Gasteiger partial charge in [-0.1, -0.05) is 12.1 Å². The quantitative estimate of drug-likeness (QED) is 0.734. The minimum absolute atomic E-state index is 0.0750. The minimum Gasteiger partial charge on any atom is -0.435 e. The lowest BCUT2D eigenvalue weighted by Crippen LogP contribution is -2.26. The summed E-state index contributed by atoms with van der Waals surface area (Å²) in [5.41, 5.74) is 2.07. The van der Waals surface area contributed by atoms with E-state index in [2.05, 4.69) is 20.1 Å². The van der Waals surface area contributed by atoms with Gasteiger partial charge in [-0.15, -0.1) is 0 Å². The van der Waals surface area contributed by atoms with Crippen LogP contribution in [0.5, 0.6) is 5.75 Å². The lowest BCUT2D eigenvalue weighted by Gasteiger charge is -2.15. The molecule has 0 aliphatic carbocycles. The molecular formula is C18H16F2N4O2. The molecule has 6 nitrogen and oxygen atoms in total. The zero-order valence-electron chi connectivity index (χ0n) is 13.8. The highest BCUT2D eigenvalue weighted by molar-refractivity contribution is 5.94. The van der Waals surface area contributed by atoms with Crippen LogP contribution in [0.1, 0.15) is 28.9 Å². The normalized spacial score (nSPS) is 12.0. The Morgan fingerprint density at radius 2 is 1.81 bits per heavy atom. The summed E-state index contributed by atoms with van der Waals surface area (Å²) >= 11 is 0. The lowest BCUT2D eigenvalue weighted by molar-refractivity contribution is -0.0498. The number of hydrogen-bond acceptors (Lipinski definition) is 4. The largest absolute Gasteiger partial charge is 0.435 e. The summed E-state index contributed by atoms with van der Waals surface area (Å²) in [6.45, 7) is -1.05. The number of halogens is 2. The van der Waals surface area contributed by atoms with Crippen LogP contribution in [0, 0.1) is 0 Å². The lowest BCUT2D eigenvalue weighted by atomic mass is 10.1. The summed E-state index contributed by atoms with van der Waals surface area (Å²) in [6.07, 6.45) is 3.00. The zero-order valence-corrected chi connectivity index (χ0v) is 13.8. The third kappa shape index (κ3) is 4.21. The number of hydrogen-bond donors (Lipinski definition) is 1. The van der Waals surface area contributed by atoms with Crippen molar-refractivity contribution in [2.75, 3.05) is 0 Å². The molecule has 0 aliphatic rings. The second-order valence-electron chi connectivity index (χ2n) is 5.53. The Bertz CT molecular complexity index is 850. The van der Waals surface area contributed by atoms with E-state index in [9.17, 15) is 13.6 Å². The maximum absolute atomic E-state index is 12.4. The van der Waals surface area contributed by atoms with E-state index in [4.69, 9.17) is 0 Å². The standard InChI is InChI=1S/C18H16F2N4O2/c1-12(13-4-8-16(9-5-13)26-18(19)20)23-17(25)14-2-6-15(7-3-14)24-11-21-10-22-24/h2-12,18H,1H3,(H,23,25). The van der Waals surface area contributed by atoms with E-state index in [1.165, 1.54) is 18.5 Å². The van der Waals surface area contributed by atoms with Crippen LogP contribution >= 0.6 is 0 Å². The molecule has 3 aromatic rings. The predicted molar refractivity (Wildman–Crippen MR) is 90.3 cm³/mol. The van der Waals surface area contributed by atoms with E-state index in [1.807, 2.05) is 6.92 Å². The Kier molecular flexibility index (Phi) is 5.21. The molecule has 8 heteroatoms.